The maximum absolute atomic E-state index is 11.0. The number of hydrogen-bond acceptors (Lipinski definition) is 4. The van der Waals surface area contributed by atoms with Crippen molar-refractivity contribution in [1.82, 2.24) is 0 Å². The SMILES string of the molecule is COc1cccc(OCc2cc(C(=O)O)ccc2OC)c1. The monoisotopic (exact) mass is 288 g/mol. The van der Waals surface area contributed by atoms with Crippen molar-refractivity contribution in [2.24, 2.45) is 0 Å². The Morgan fingerprint density at radius 3 is 2.48 bits per heavy atom. The molecule has 0 atom stereocenters. The van der Waals surface area contributed by atoms with E-state index in [2.05, 4.69) is 0 Å². The van der Waals surface area contributed by atoms with E-state index < -0.39 is 5.97 Å². The summed E-state index contributed by atoms with van der Waals surface area (Å²) in [5.74, 6) is 0.930. The second-order valence-electron chi connectivity index (χ2n) is 4.30. The molecule has 1 N–H and O–H groups in total. The van der Waals surface area contributed by atoms with Crippen molar-refractivity contribution in [2.45, 2.75) is 6.61 Å². The summed E-state index contributed by atoms with van der Waals surface area (Å²) in [6.45, 7) is 0.206. The Hall–Kier alpha value is -2.69. The van der Waals surface area contributed by atoms with Crippen LogP contribution in [-0.2, 0) is 6.61 Å². The van der Waals surface area contributed by atoms with Gasteiger partial charge in [0, 0.05) is 11.6 Å². The van der Waals surface area contributed by atoms with Gasteiger partial charge in [-0.25, -0.2) is 4.79 Å². The van der Waals surface area contributed by atoms with Gasteiger partial charge in [-0.2, -0.15) is 0 Å². The molecule has 0 spiro atoms. The van der Waals surface area contributed by atoms with Crippen molar-refractivity contribution < 1.29 is 24.1 Å². The van der Waals surface area contributed by atoms with Crippen LogP contribution >= 0.6 is 0 Å². The third-order valence-corrected chi connectivity index (χ3v) is 2.96. The lowest BCUT2D eigenvalue weighted by Gasteiger charge is -2.11. The summed E-state index contributed by atoms with van der Waals surface area (Å²) in [5.41, 5.74) is 0.861. The van der Waals surface area contributed by atoms with Gasteiger partial charge < -0.3 is 19.3 Å². The zero-order valence-electron chi connectivity index (χ0n) is 11.8. The predicted octanol–water partition coefficient (Wildman–Crippen LogP) is 2.98. The molecule has 0 radical (unpaired) electrons. The van der Waals surface area contributed by atoms with Crippen LogP contribution in [0.25, 0.3) is 0 Å². The van der Waals surface area contributed by atoms with E-state index in [0.717, 1.165) is 0 Å². The van der Waals surface area contributed by atoms with Gasteiger partial charge in [0.2, 0.25) is 0 Å². The summed E-state index contributed by atoms with van der Waals surface area (Å²) in [5, 5.41) is 9.03. The van der Waals surface area contributed by atoms with E-state index >= 15 is 0 Å². The van der Waals surface area contributed by atoms with Crippen LogP contribution in [0.1, 0.15) is 15.9 Å². The number of carboxylic acid groups (broad SMARTS) is 1. The fourth-order valence-electron chi connectivity index (χ4n) is 1.88. The average Bonchev–Trinajstić information content (AvgIpc) is 2.52. The molecule has 2 aromatic carbocycles. The summed E-state index contributed by atoms with van der Waals surface area (Å²) in [4.78, 5) is 11.0. The van der Waals surface area contributed by atoms with Gasteiger partial charge in [-0.1, -0.05) is 6.07 Å². The highest BCUT2D eigenvalue weighted by atomic mass is 16.5. The van der Waals surface area contributed by atoms with Crippen molar-refractivity contribution in [3.63, 3.8) is 0 Å². The molecule has 0 saturated carbocycles. The first-order chi connectivity index (χ1) is 10.1. The summed E-state index contributed by atoms with van der Waals surface area (Å²) in [7, 11) is 3.11. The smallest absolute Gasteiger partial charge is 0.335 e. The molecular weight excluding hydrogens is 272 g/mol. The minimum Gasteiger partial charge on any atom is -0.497 e. The van der Waals surface area contributed by atoms with Gasteiger partial charge in [0.25, 0.3) is 0 Å². The first-order valence-electron chi connectivity index (χ1n) is 6.31. The lowest BCUT2D eigenvalue weighted by Crippen LogP contribution is -2.03. The molecule has 0 aromatic heterocycles. The fraction of sp³-hybridized carbons (Fsp3) is 0.188. The average molecular weight is 288 g/mol. The van der Waals surface area contributed by atoms with Crippen LogP contribution in [0.2, 0.25) is 0 Å². The predicted molar refractivity (Wildman–Crippen MR) is 77.3 cm³/mol. The zero-order valence-corrected chi connectivity index (χ0v) is 11.8. The minimum atomic E-state index is -0.986. The van der Waals surface area contributed by atoms with Gasteiger partial charge in [-0.15, -0.1) is 0 Å². The second-order valence-corrected chi connectivity index (χ2v) is 4.30. The summed E-state index contributed by atoms with van der Waals surface area (Å²) >= 11 is 0. The number of carbonyl (C=O) groups is 1. The highest BCUT2D eigenvalue weighted by molar-refractivity contribution is 5.88. The van der Waals surface area contributed by atoms with Crippen LogP contribution < -0.4 is 14.2 Å². The third kappa shape index (κ3) is 3.66. The first-order valence-corrected chi connectivity index (χ1v) is 6.31. The van der Waals surface area contributed by atoms with Crippen LogP contribution in [-0.4, -0.2) is 25.3 Å². The topological polar surface area (TPSA) is 65.0 Å². The molecule has 5 nitrogen and oxygen atoms in total. The number of hydrogen-bond donors (Lipinski definition) is 1. The largest absolute Gasteiger partial charge is 0.497 e. The van der Waals surface area contributed by atoms with Gasteiger partial charge in [0.05, 0.1) is 19.8 Å². The summed E-state index contributed by atoms with van der Waals surface area (Å²) in [6.07, 6.45) is 0. The van der Waals surface area contributed by atoms with E-state index in [1.54, 1.807) is 31.4 Å². The number of rotatable bonds is 6. The van der Waals surface area contributed by atoms with Crippen molar-refractivity contribution in [2.75, 3.05) is 14.2 Å². The molecule has 21 heavy (non-hydrogen) atoms. The quantitative estimate of drug-likeness (QED) is 0.885. The molecule has 0 bridgehead atoms. The fourth-order valence-corrected chi connectivity index (χ4v) is 1.88. The molecule has 5 heteroatoms. The lowest BCUT2D eigenvalue weighted by atomic mass is 10.1. The number of benzene rings is 2. The molecule has 0 aliphatic heterocycles. The summed E-state index contributed by atoms with van der Waals surface area (Å²) < 4.78 is 16.0. The molecule has 0 heterocycles. The Bertz CT molecular complexity index is 636. The van der Waals surface area contributed by atoms with Crippen molar-refractivity contribution in [3.8, 4) is 17.2 Å². The molecule has 110 valence electrons. The Kier molecular flexibility index (Phi) is 4.66. The van der Waals surface area contributed by atoms with Gasteiger partial charge >= 0.3 is 5.97 Å². The zero-order chi connectivity index (χ0) is 15.2. The van der Waals surface area contributed by atoms with Gasteiger partial charge in [0.1, 0.15) is 23.9 Å². The van der Waals surface area contributed by atoms with E-state index in [1.165, 1.54) is 13.2 Å². The van der Waals surface area contributed by atoms with Gasteiger partial charge in [-0.05, 0) is 30.3 Å². The third-order valence-electron chi connectivity index (χ3n) is 2.96. The highest BCUT2D eigenvalue weighted by Crippen LogP contribution is 2.24. The minimum absolute atomic E-state index is 0.194. The number of carboxylic acids is 1. The Morgan fingerprint density at radius 1 is 1.05 bits per heavy atom. The Morgan fingerprint density at radius 2 is 1.81 bits per heavy atom. The van der Waals surface area contributed by atoms with Gasteiger partial charge in [-0.3, -0.25) is 0 Å². The van der Waals surface area contributed by atoms with Crippen LogP contribution in [0.3, 0.4) is 0 Å². The summed E-state index contributed by atoms with van der Waals surface area (Å²) in [6, 6.07) is 11.9. The molecule has 2 aromatic rings. The van der Waals surface area contributed by atoms with Crippen LogP contribution in [0.5, 0.6) is 17.2 Å². The van der Waals surface area contributed by atoms with E-state index in [0.29, 0.717) is 22.8 Å². The van der Waals surface area contributed by atoms with E-state index in [9.17, 15) is 4.79 Å². The van der Waals surface area contributed by atoms with Gasteiger partial charge in [0.15, 0.2) is 0 Å². The standard InChI is InChI=1S/C16H16O5/c1-19-13-4-3-5-14(9-13)21-10-12-8-11(16(17)18)6-7-15(12)20-2/h3-9H,10H2,1-2H3,(H,17,18). The molecule has 0 fully saturated rings. The molecule has 0 aliphatic carbocycles. The van der Waals surface area contributed by atoms with Crippen molar-refractivity contribution >= 4 is 5.97 Å². The second kappa shape index (κ2) is 6.65. The number of aromatic carboxylic acids is 1. The van der Waals surface area contributed by atoms with Crippen LogP contribution in [0.15, 0.2) is 42.5 Å². The highest BCUT2D eigenvalue weighted by Gasteiger charge is 2.10. The van der Waals surface area contributed by atoms with Crippen LogP contribution in [0.4, 0.5) is 0 Å². The molecule has 2 rings (SSSR count). The Labute approximate surface area is 122 Å². The molecule has 0 unspecified atom stereocenters. The molecule has 0 aliphatic rings. The van der Waals surface area contributed by atoms with Crippen molar-refractivity contribution in [3.05, 3.63) is 53.6 Å². The van der Waals surface area contributed by atoms with E-state index in [1.807, 2.05) is 12.1 Å². The number of methoxy groups -OCH3 is 2. The molecular formula is C16H16O5. The maximum Gasteiger partial charge on any atom is 0.335 e. The van der Waals surface area contributed by atoms with Crippen molar-refractivity contribution in [1.29, 1.82) is 0 Å². The van der Waals surface area contributed by atoms with E-state index in [-0.39, 0.29) is 12.2 Å². The Balaban J connectivity index is 2.17. The maximum atomic E-state index is 11.0. The van der Waals surface area contributed by atoms with E-state index in [4.69, 9.17) is 19.3 Å². The number of ether oxygens (including phenoxy) is 3. The first kappa shape index (κ1) is 14.7. The lowest BCUT2D eigenvalue weighted by molar-refractivity contribution is 0.0696. The molecule has 0 saturated heterocycles. The molecule has 0 amide bonds. The normalized spacial score (nSPS) is 10.0. The van der Waals surface area contributed by atoms with Crippen LogP contribution in [0, 0.1) is 0 Å².